The second kappa shape index (κ2) is 7.81. The molecule has 1 heterocycles. The lowest BCUT2D eigenvalue weighted by molar-refractivity contribution is -0.350. The fourth-order valence-corrected chi connectivity index (χ4v) is 1.94. The highest BCUT2D eigenvalue weighted by molar-refractivity contribution is 6.04. The molecule has 0 aromatic carbocycles. The quantitative estimate of drug-likeness (QED) is 0.0424. The number of nitro groups is 1. The first-order chi connectivity index (χ1) is 11.5. The van der Waals surface area contributed by atoms with Crippen LogP contribution in [0.1, 0.15) is 0 Å². The number of hydrogen-bond acceptors (Lipinski definition) is 11. The van der Waals surface area contributed by atoms with Crippen LogP contribution in [0.2, 0.25) is 0 Å². The number of aliphatic hydroxyl groups excluding tert-OH is 3. The Bertz CT molecular complexity index is 622. The normalized spacial score (nSPS) is 26.6. The molecule has 0 saturated carbocycles. The molecule has 4 unspecified atom stereocenters. The van der Waals surface area contributed by atoms with Crippen molar-refractivity contribution in [3.8, 4) is 0 Å². The van der Waals surface area contributed by atoms with E-state index >= 15 is 0 Å². The van der Waals surface area contributed by atoms with Gasteiger partial charge in [-0.2, -0.15) is 0 Å². The number of ether oxygens (including phenoxy) is 1. The van der Waals surface area contributed by atoms with Crippen LogP contribution in [0.3, 0.4) is 0 Å². The smallest absolute Gasteiger partial charge is 0.381 e. The van der Waals surface area contributed by atoms with Crippen molar-refractivity contribution in [2.24, 2.45) is 17.3 Å². The standard InChI is InChI=1S/C10H18N8O7/c11-3(7(12)18(23)24)4(16-10(13)14)8(22)17(15)9-6(21)5(20)2(1-19)25-9/h2,5-6,9,12,19-21H,1,11,15H2,(H4,13,14,16)/b4-3+,12-7?. The summed E-state index contributed by atoms with van der Waals surface area (Å²) in [6.07, 6.45) is -6.14. The average molecular weight is 362 g/mol. The van der Waals surface area contributed by atoms with Crippen molar-refractivity contribution in [2.45, 2.75) is 24.5 Å². The molecule has 0 radical (unpaired) electrons. The molecular formula is C10H18N8O7. The van der Waals surface area contributed by atoms with Gasteiger partial charge in [0.1, 0.15) is 24.0 Å². The van der Waals surface area contributed by atoms with Crippen molar-refractivity contribution in [3.05, 3.63) is 21.5 Å². The van der Waals surface area contributed by atoms with Gasteiger partial charge >= 0.3 is 5.84 Å². The van der Waals surface area contributed by atoms with Crippen molar-refractivity contribution in [2.75, 3.05) is 6.61 Å². The summed E-state index contributed by atoms with van der Waals surface area (Å²) < 4.78 is 5.03. The van der Waals surface area contributed by atoms with Crippen molar-refractivity contribution >= 4 is 17.7 Å². The fraction of sp³-hybridized carbons (Fsp3) is 0.500. The topological polar surface area (TPSA) is 271 Å². The Kier molecular flexibility index (Phi) is 6.31. The summed E-state index contributed by atoms with van der Waals surface area (Å²) >= 11 is 0. The van der Waals surface area contributed by atoms with E-state index in [1.54, 1.807) is 0 Å². The maximum atomic E-state index is 12.4. The molecule has 0 spiro atoms. The van der Waals surface area contributed by atoms with Crippen LogP contribution < -0.4 is 22.6 Å². The summed E-state index contributed by atoms with van der Waals surface area (Å²) in [6.45, 7) is -0.681. The molecule has 12 N–H and O–H groups in total. The number of nitrogens with zero attached hydrogens (tertiary/aromatic N) is 2. The Morgan fingerprint density at radius 1 is 1.32 bits per heavy atom. The first-order valence-electron chi connectivity index (χ1n) is 6.57. The highest BCUT2D eigenvalue weighted by atomic mass is 16.6. The number of nitrogens with one attached hydrogen (secondary N) is 3. The Morgan fingerprint density at radius 3 is 2.28 bits per heavy atom. The molecule has 1 amide bonds. The molecule has 15 heteroatoms. The number of hydrogen-bond donors (Lipinski definition) is 9. The number of carbonyl (C=O) groups is 1. The highest BCUT2D eigenvalue weighted by Crippen LogP contribution is 2.23. The molecule has 1 saturated heterocycles. The van der Waals surface area contributed by atoms with Crippen molar-refractivity contribution in [1.29, 1.82) is 10.8 Å². The number of hydrazine groups is 1. The van der Waals surface area contributed by atoms with Crippen LogP contribution in [0.4, 0.5) is 0 Å². The molecule has 1 rings (SSSR count). The largest absolute Gasteiger partial charge is 0.394 e. The van der Waals surface area contributed by atoms with Crippen LogP contribution in [0.15, 0.2) is 11.4 Å². The van der Waals surface area contributed by atoms with Gasteiger partial charge in [0.25, 0.3) is 5.91 Å². The number of rotatable bonds is 5. The first-order valence-corrected chi connectivity index (χ1v) is 6.57. The Hall–Kier alpha value is -2.85. The zero-order valence-electron chi connectivity index (χ0n) is 12.6. The van der Waals surface area contributed by atoms with Gasteiger partial charge in [0.2, 0.25) is 0 Å². The number of nitrogens with two attached hydrogens (primary N) is 3. The fourth-order valence-electron chi connectivity index (χ4n) is 1.94. The summed E-state index contributed by atoms with van der Waals surface area (Å²) in [5, 5.41) is 55.6. The average Bonchev–Trinajstić information content (AvgIpc) is 2.84. The lowest BCUT2D eigenvalue weighted by atomic mass is 10.1. The van der Waals surface area contributed by atoms with Crippen molar-refractivity contribution < 1.29 is 29.8 Å². The number of amides is 1. The summed E-state index contributed by atoms with van der Waals surface area (Å²) in [5.41, 5.74) is 8.58. The summed E-state index contributed by atoms with van der Waals surface area (Å²) in [4.78, 5) is 21.8. The summed E-state index contributed by atoms with van der Waals surface area (Å²) in [5.74, 6) is 1.98. The molecular weight excluding hydrogens is 344 g/mol. The molecule has 140 valence electrons. The molecule has 15 nitrogen and oxygen atoms in total. The molecule has 25 heavy (non-hydrogen) atoms. The molecule has 0 aliphatic carbocycles. The van der Waals surface area contributed by atoms with Gasteiger partial charge in [0, 0.05) is 0 Å². The maximum Gasteiger partial charge on any atom is 0.381 e. The lowest BCUT2D eigenvalue weighted by Crippen LogP contribution is -2.54. The second-order valence-electron chi connectivity index (χ2n) is 4.87. The van der Waals surface area contributed by atoms with Gasteiger partial charge in [0.15, 0.2) is 17.9 Å². The van der Waals surface area contributed by atoms with E-state index in [0.717, 1.165) is 0 Å². The van der Waals surface area contributed by atoms with Crippen LogP contribution in [-0.2, 0) is 9.53 Å². The Labute approximate surface area is 139 Å². The van der Waals surface area contributed by atoms with E-state index in [-0.39, 0.29) is 5.01 Å². The third-order valence-corrected chi connectivity index (χ3v) is 3.21. The van der Waals surface area contributed by atoms with E-state index in [2.05, 4.69) is 0 Å². The predicted molar refractivity (Wildman–Crippen MR) is 79.8 cm³/mol. The van der Waals surface area contributed by atoms with E-state index in [1.165, 1.54) is 0 Å². The van der Waals surface area contributed by atoms with Crippen molar-refractivity contribution in [1.82, 2.24) is 10.3 Å². The zero-order chi connectivity index (χ0) is 19.5. The third-order valence-electron chi connectivity index (χ3n) is 3.21. The van der Waals surface area contributed by atoms with E-state index in [1.807, 2.05) is 5.32 Å². The Morgan fingerprint density at radius 2 is 1.88 bits per heavy atom. The maximum absolute atomic E-state index is 12.4. The van der Waals surface area contributed by atoms with Crippen molar-refractivity contribution in [3.63, 3.8) is 0 Å². The second-order valence-corrected chi connectivity index (χ2v) is 4.87. The van der Waals surface area contributed by atoms with Crippen LogP contribution in [0.5, 0.6) is 0 Å². The van der Waals surface area contributed by atoms with E-state index in [4.69, 9.17) is 38.0 Å². The monoisotopic (exact) mass is 362 g/mol. The van der Waals surface area contributed by atoms with Gasteiger partial charge in [-0.3, -0.25) is 10.2 Å². The minimum Gasteiger partial charge on any atom is -0.394 e. The minimum atomic E-state index is -1.71. The molecule has 1 aliphatic heterocycles. The molecule has 0 bridgehead atoms. The lowest BCUT2D eigenvalue weighted by Gasteiger charge is -2.27. The minimum absolute atomic E-state index is 0.231. The van der Waals surface area contributed by atoms with Gasteiger partial charge in [-0.1, -0.05) is 5.41 Å². The number of guanidine groups is 1. The predicted octanol–water partition coefficient (Wildman–Crippen LogP) is -4.96. The van der Waals surface area contributed by atoms with Crippen LogP contribution in [-0.4, -0.2) is 74.1 Å². The van der Waals surface area contributed by atoms with E-state index in [0.29, 0.717) is 0 Å². The molecule has 0 aromatic heterocycles. The number of aliphatic hydroxyl groups is 3. The van der Waals surface area contributed by atoms with Gasteiger partial charge in [-0.05, 0) is 4.92 Å². The molecule has 0 aromatic rings. The van der Waals surface area contributed by atoms with Gasteiger partial charge in [-0.15, -0.1) is 0 Å². The number of carbonyl (C=O) groups excluding carboxylic acids is 1. The first kappa shape index (κ1) is 20.2. The summed E-state index contributed by atoms with van der Waals surface area (Å²) in [6, 6.07) is 0. The van der Waals surface area contributed by atoms with Gasteiger partial charge in [-0.25, -0.2) is 10.9 Å². The van der Waals surface area contributed by atoms with E-state index < -0.39 is 65.2 Å². The van der Waals surface area contributed by atoms with Gasteiger partial charge in [0.05, 0.1) is 6.61 Å². The van der Waals surface area contributed by atoms with Crippen LogP contribution in [0, 0.1) is 20.9 Å². The Balaban J connectivity index is 3.17. The van der Waals surface area contributed by atoms with Crippen LogP contribution in [0.25, 0.3) is 0 Å². The highest BCUT2D eigenvalue weighted by Gasteiger charge is 2.46. The van der Waals surface area contributed by atoms with Gasteiger partial charge < -0.3 is 47.0 Å². The molecule has 1 aliphatic rings. The third kappa shape index (κ3) is 4.17. The zero-order valence-corrected chi connectivity index (χ0v) is 12.6. The summed E-state index contributed by atoms with van der Waals surface area (Å²) in [7, 11) is 0. The van der Waals surface area contributed by atoms with Crippen LogP contribution >= 0.6 is 0 Å². The molecule has 4 atom stereocenters. The SMILES string of the molecule is N=C(N)N/C(C(=O)N(N)C1OC(CO)C(O)C1O)=C(/N)C(=N)[N+](=O)[O-]. The number of amidine groups is 1. The molecule has 1 fully saturated rings. The van der Waals surface area contributed by atoms with E-state index in [9.17, 15) is 25.1 Å².